The summed E-state index contributed by atoms with van der Waals surface area (Å²) in [6.07, 6.45) is 2.09. The summed E-state index contributed by atoms with van der Waals surface area (Å²) in [4.78, 5) is 0. The summed E-state index contributed by atoms with van der Waals surface area (Å²) < 4.78 is 13.0. The van der Waals surface area contributed by atoms with E-state index in [-0.39, 0.29) is 5.75 Å². The summed E-state index contributed by atoms with van der Waals surface area (Å²) in [5, 5.41) is 12.3. The standard InChI is InChI=1S/C12H18FNOS/c1-9(8-16-2)6-14-7-10-3-4-12(15)11(13)5-10/h3-5,9,14-15H,6-8H2,1-2H3. The first-order valence-electron chi connectivity index (χ1n) is 5.30. The van der Waals surface area contributed by atoms with Gasteiger partial charge in [-0.3, -0.25) is 0 Å². The number of thioether (sulfide) groups is 1. The van der Waals surface area contributed by atoms with Gasteiger partial charge in [0.1, 0.15) is 0 Å². The zero-order valence-electron chi connectivity index (χ0n) is 9.66. The quantitative estimate of drug-likeness (QED) is 0.805. The molecule has 0 saturated heterocycles. The number of phenolic OH excluding ortho intramolecular Hbond substituents is 1. The first-order valence-corrected chi connectivity index (χ1v) is 6.70. The van der Waals surface area contributed by atoms with E-state index in [9.17, 15) is 4.39 Å². The molecule has 0 spiro atoms. The molecule has 0 amide bonds. The maximum Gasteiger partial charge on any atom is 0.165 e. The number of halogens is 1. The van der Waals surface area contributed by atoms with Crippen LogP contribution in [0.15, 0.2) is 18.2 Å². The zero-order chi connectivity index (χ0) is 12.0. The maximum atomic E-state index is 13.0. The molecule has 1 unspecified atom stereocenters. The molecule has 2 N–H and O–H groups in total. The summed E-state index contributed by atoms with van der Waals surface area (Å²) in [5.74, 6) is 0.879. The first kappa shape index (κ1) is 13.3. The van der Waals surface area contributed by atoms with Crippen LogP contribution in [0, 0.1) is 11.7 Å². The van der Waals surface area contributed by atoms with E-state index in [1.165, 1.54) is 12.1 Å². The molecule has 0 saturated carbocycles. The van der Waals surface area contributed by atoms with Crippen molar-refractivity contribution in [1.29, 1.82) is 0 Å². The highest BCUT2D eigenvalue weighted by atomic mass is 32.2. The minimum atomic E-state index is -0.559. The summed E-state index contributed by atoms with van der Waals surface area (Å²) in [7, 11) is 0. The fraction of sp³-hybridized carbons (Fsp3) is 0.500. The lowest BCUT2D eigenvalue weighted by atomic mass is 10.2. The van der Waals surface area contributed by atoms with E-state index >= 15 is 0 Å². The lowest BCUT2D eigenvalue weighted by Gasteiger charge is -2.11. The molecule has 90 valence electrons. The van der Waals surface area contributed by atoms with Crippen molar-refractivity contribution in [3.05, 3.63) is 29.6 Å². The third-order valence-corrected chi connectivity index (χ3v) is 3.19. The molecule has 0 radical (unpaired) electrons. The Hall–Kier alpha value is -0.740. The number of phenols is 1. The molecule has 0 fully saturated rings. The SMILES string of the molecule is CSCC(C)CNCc1ccc(O)c(F)c1. The molecule has 4 heteroatoms. The van der Waals surface area contributed by atoms with Crippen LogP contribution in [-0.4, -0.2) is 23.7 Å². The average molecular weight is 243 g/mol. The number of aromatic hydroxyl groups is 1. The molecule has 2 nitrogen and oxygen atoms in total. The second-order valence-corrected chi connectivity index (χ2v) is 4.89. The van der Waals surface area contributed by atoms with Crippen LogP contribution in [0.25, 0.3) is 0 Å². The molecular weight excluding hydrogens is 225 g/mol. The minimum absolute atomic E-state index is 0.292. The van der Waals surface area contributed by atoms with E-state index in [0.717, 1.165) is 17.9 Å². The molecule has 16 heavy (non-hydrogen) atoms. The van der Waals surface area contributed by atoms with E-state index in [1.54, 1.807) is 6.07 Å². The number of hydrogen-bond acceptors (Lipinski definition) is 3. The van der Waals surface area contributed by atoms with Gasteiger partial charge in [0.05, 0.1) is 0 Å². The van der Waals surface area contributed by atoms with Crippen LogP contribution in [0.4, 0.5) is 4.39 Å². The predicted octanol–water partition coefficient (Wildman–Crippen LogP) is 2.62. The van der Waals surface area contributed by atoms with Crippen molar-refractivity contribution in [1.82, 2.24) is 5.32 Å². The molecule has 0 heterocycles. The highest BCUT2D eigenvalue weighted by Gasteiger charge is 2.03. The third-order valence-electron chi connectivity index (χ3n) is 2.29. The van der Waals surface area contributed by atoms with E-state index in [2.05, 4.69) is 18.5 Å². The third kappa shape index (κ3) is 4.41. The van der Waals surface area contributed by atoms with Crippen molar-refractivity contribution in [3.63, 3.8) is 0 Å². The average Bonchev–Trinajstić information content (AvgIpc) is 2.24. The van der Waals surface area contributed by atoms with E-state index < -0.39 is 5.82 Å². The predicted molar refractivity (Wildman–Crippen MR) is 67.3 cm³/mol. The Morgan fingerprint density at radius 3 is 2.88 bits per heavy atom. The van der Waals surface area contributed by atoms with Gasteiger partial charge in [-0.15, -0.1) is 0 Å². The van der Waals surface area contributed by atoms with E-state index in [1.807, 2.05) is 11.8 Å². The molecule has 1 atom stereocenters. The van der Waals surface area contributed by atoms with E-state index in [4.69, 9.17) is 5.11 Å². The summed E-state index contributed by atoms with van der Waals surface area (Å²) in [6, 6.07) is 4.48. The van der Waals surface area contributed by atoms with Crippen molar-refractivity contribution in [2.45, 2.75) is 13.5 Å². The molecule has 0 aliphatic rings. The Morgan fingerprint density at radius 1 is 1.50 bits per heavy atom. The van der Waals surface area contributed by atoms with Gasteiger partial charge in [0.15, 0.2) is 11.6 Å². The van der Waals surface area contributed by atoms with Crippen LogP contribution >= 0.6 is 11.8 Å². The molecule has 0 aromatic heterocycles. The highest BCUT2D eigenvalue weighted by molar-refractivity contribution is 7.98. The van der Waals surface area contributed by atoms with Crippen molar-refractivity contribution >= 4 is 11.8 Å². The topological polar surface area (TPSA) is 32.3 Å². The lowest BCUT2D eigenvalue weighted by molar-refractivity contribution is 0.431. The van der Waals surface area contributed by atoms with Crippen LogP contribution in [0.5, 0.6) is 5.75 Å². The van der Waals surface area contributed by atoms with Gasteiger partial charge in [0, 0.05) is 6.54 Å². The highest BCUT2D eigenvalue weighted by Crippen LogP contribution is 2.15. The second kappa shape index (κ2) is 6.76. The molecule has 0 aliphatic heterocycles. The Morgan fingerprint density at radius 2 is 2.25 bits per heavy atom. The van der Waals surface area contributed by atoms with Crippen LogP contribution in [-0.2, 0) is 6.54 Å². The monoisotopic (exact) mass is 243 g/mol. The fourth-order valence-corrected chi connectivity index (χ4v) is 2.15. The molecule has 0 aliphatic carbocycles. The van der Waals surface area contributed by atoms with Crippen molar-refractivity contribution in [2.24, 2.45) is 5.92 Å². The van der Waals surface area contributed by atoms with Gasteiger partial charge in [-0.2, -0.15) is 11.8 Å². The molecule has 0 bridgehead atoms. The largest absolute Gasteiger partial charge is 0.505 e. The fourth-order valence-electron chi connectivity index (χ4n) is 1.47. The maximum absolute atomic E-state index is 13.0. The number of benzene rings is 1. The Balaban J connectivity index is 2.34. The Bertz CT molecular complexity index is 333. The van der Waals surface area contributed by atoms with Crippen molar-refractivity contribution < 1.29 is 9.50 Å². The van der Waals surface area contributed by atoms with Gasteiger partial charge >= 0.3 is 0 Å². The van der Waals surface area contributed by atoms with Crippen LogP contribution in [0.3, 0.4) is 0 Å². The molecular formula is C12H18FNOS. The minimum Gasteiger partial charge on any atom is -0.505 e. The normalized spacial score (nSPS) is 12.7. The summed E-state index contributed by atoms with van der Waals surface area (Å²) in [6.45, 7) is 3.74. The first-order chi connectivity index (χ1) is 7.63. The van der Waals surface area contributed by atoms with Crippen molar-refractivity contribution in [2.75, 3.05) is 18.6 Å². The van der Waals surface area contributed by atoms with Crippen molar-refractivity contribution in [3.8, 4) is 5.75 Å². The number of hydrogen-bond donors (Lipinski definition) is 2. The summed E-state index contributed by atoms with van der Waals surface area (Å²) >= 11 is 1.83. The Labute approximate surface area is 100 Å². The van der Waals surface area contributed by atoms with Gasteiger partial charge in [-0.1, -0.05) is 13.0 Å². The number of nitrogens with one attached hydrogen (secondary N) is 1. The van der Waals surface area contributed by atoms with Gasteiger partial charge in [0.25, 0.3) is 0 Å². The van der Waals surface area contributed by atoms with Gasteiger partial charge in [0.2, 0.25) is 0 Å². The molecule has 1 rings (SSSR count). The second-order valence-electron chi connectivity index (χ2n) is 3.98. The zero-order valence-corrected chi connectivity index (χ0v) is 10.5. The Kier molecular flexibility index (Phi) is 5.63. The van der Waals surface area contributed by atoms with Gasteiger partial charge in [-0.05, 0) is 42.2 Å². The van der Waals surface area contributed by atoms with Crippen LogP contribution < -0.4 is 5.32 Å². The van der Waals surface area contributed by atoms with Crippen LogP contribution in [0.1, 0.15) is 12.5 Å². The molecule has 1 aromatic rings. The lowest BCUT2D eigenvalue weighted by Crippen LogP contribution is -2.22. The number of rotatable bonds is 6. The van der Waals surface area contributed by atoms with E-state index in [0.29, 0.717) is 12.5 Å². The van der Waals surface area contributed by atoms with Gasteiger partial charge < -0.3 is 10.4 Å². The molecule has 1 aromatic carbocycles. The smallest absolute Gasteiger partial charge is 0.165 e. The summed E-state index contributed by atoms with van der Waals surface area (Å²) in [5.41, 5.74) is 0.853. The van der Waals surface area contributed by atoms with Crippen LogP contribution in [0.2, 0.25) is 0 Å². The van der Waals surface area contributed by atoms with Gasteiger partial charge in [-0.25, -0.2) is 4.39 Å².